The van der Waals surface area contributed by atoms with Gasteiger partial charge >= 0.3 is 0 Å². The molecule has 32 heavy (non-hydrogen) atoms. The second-order valence-electron chi connectivity index (χ2n) is 8.10. The van der Waals surface area contributed by atoms with Gasteiger partial charge in [-0.25, -0.2) is 4.98 Å². The molecule has 0 saturated carbocycles. The molecular formula is C25H26N4O3. The first-order valence-electron chi connectivity index (χ1n) is 10.5. The van der Waals surface area contributed by atoms with Gasteiger partial charge < -0.3 is 14.5 Å². The fraction of sp³-hybridized carbons (Fsp3) is 0.280. The van der Waals surface area contributed by atoms with Gasteiger partial charge in [-0.2, -0.15) is 0 Å². The Morgan fingerprint density at radius 2 is 1.75 bits per heavy atom. The molecule has 0 N–H and O–H groups in total. The van der Waals surface area contributed by atoms with Crippen molar-refractivity contribution in [2.24, 2.45) is 0 Å². The van der Waals surface area contributed by atoms with Gasteiger partial charge in [0.1, 0.15) is 5.69 Å². The van der Waals surface area contributed by atoms with E-state index in [1.807, 2.05) is 42.5 Å². The van der Waals surface area contributed by atoms with Crippen molar-refractivity contribution in [2.75, 3.05) is 33.8 Å². The lowest BCUT2D eigenvalue weighted by molar-refractivity contribution is -0.165. The second-order valence-corrected chi connectivity index (χ2v) is 8.10. The number of carbonyl (C=O) groups excluding carboxylic acids is 2. The molecule has 2 aromatic carbocycles. The van der Waals surface area contributed by atoms with Crippen molar-refractivity contribution in [3.63, 3.8) is 0 Å². The molecule has 1 aromatic heterocycles. The van der Waals surface area contributed by atoms with Crippen LogP contribution in [0.15, 0.2) is 73.2 Å². The maximum atomic E-state index is 13.3. The number of likely N-dealkylation sites (N-methyl/N-ethyl adjacent to an activating group) is 1. The highest BCUT2D eigenvalue weighted by Gasteiger charge is 2.46. The van der Waals surface area contributed by atoms with Crippen LogP contribution in [0.25, 0.3) is 11.1 Å². The Labute approximate surface area is 187 Å². The van der Waals surface area contributed by atoms with Gasteiger partial charge in [0.05, 0.1) is 19.3 Å². The van der Waals surface area contributed by atoms with Crippen LogP contribution >= 0.6 is 0 Å². The second kappa shape index (κ2) is 9.28. The van der Waals surface area contributed by atoms with Crippen LogP contribution in [0.5, 0.6) is 0 Å². The molecule has 0 unspecified atom stereocenters. The van der Waals surface area contributed by atoms with Gasteiger partial charge in [-0.05, 0) is 16.7 Å². The molecule has 0 spiro atoms. The summed E-state index contributed by atoms with van der Waals surface area (Å²) in [5, 5.41) is 0. The van der Waals surface area contributed by atoms with E-state index in [-0.39, 0.29) is 30.7 Å². The number of morpholine rings is 1. The lowest BCUT2D eigenvalue weighted by atomic mass is 9.90. The molecule has 0 bridgehead atoms. The normalized spacial score (nSPS) is 18.2. The van der Waals surface area contributed by atoms with E-state index in [0.717, 1.165) is 16.7 Å². The van der Waals surface area contributed by atoms with Gasteiger partial charge in [0, 0.05) is 39.5 Å². The first kappa shape index (κ1) is 21.6. The van der Waals surface area contributed by atoms with Gasteiger partial charge in [-0.1, -0.05) is 54.6 Å². The number of aromatic nitrogens is 2. The molecule has 2 amide bonds. The molecule has 7 nitrogen and oxygen atoms in total. The third kappa shape index (κ3) is 4.53. The lowest BCUT2D eigenvalue weighted by Crippen LogP contribution is -2.61. The minimum Gasteiger partial charge on any atom is -0.361 e. The van der Waals surface area contributed by atoms with Crippen molar-refractivity contribution >= 4 is 11.8 Å². The minimum absolute atomic E-state index is 0.153. The third-order valence-electron chi connectivity index (χ3n) is 5.60. The zero-order chi connectivity index (χ0) is 22.6. The quantitative estimate of drug-likeness (QED) is 0.622. The number of hydrogen-bond acceptors (Lipinski definition) is 5. The molecule has 164 valence electrons. The summed E-state index contributed by atoms with van der Waals surface area (Å²) >= 11 is 0. The van der Waals surface area contributed by atoms with Crippen LogP contribution in [0.1, 0.15) is 16.1 Å². The first-order valence-corrected chi connectivity index (χ1v) is 10.5. The number of nitrogens with zero attached hydrogens (tertiary/aromatic N) is 4. The van der Waals surface area contributed by atoms with Crippen molar-refractivity contribution in [1.82, 2.24) is 19.8 Å². The molecular weight excluding hydrogens is 404 g/mol. The third-order valence-corrected chi connectivity index (χ3v) is 5.60. The summed E-state index contributed by atoms with van der Waals surface area (Å²) in [7, 11) is 3.41. The van der Waals surface area contributed by atoms with E-state index in [1.165, 1.54) is 23.5 Å². The largest absolute Gasteiger partial charge is 0.361 e. The predicted octanol–water partition coefficient (Wildman–Crippen LogP) is 2.69. The van der Waals surface area contributed by atoms with Crippen LogP contribution in [0, 0.1) is 0 Å². The van der Waals surface area contributed by atoms with Crippen LogP contribution < -0.4 is 0 Å². The van der Waals surface area contributed by atoms with Gasteiger partial charge in [-0.15, -0.1) is 0 Å². The highest BCUT2D eigenvalue weighted by molar-refractivity contribution is 5.93. The number of ether oxygens (including phenoxy) is 1. The number of rotatable bonds is 5. The Morgan fingerprint density at radius 3 is 2.41 bits per heavy atom. The standard InChI is InChI=1S/C25H26N4O3/c1-28(2)24(31)25(16-19-8-10-21(11-9-19)20-6-4-3-5-7-20)18-29(14-15-32-25)23(30)22-17-26-12-13-27-22/h3-13,17H,14-16,18H2,1-2H3/t25-/m1/s1. The maximum Gasteiger partial charge on any atom is 0.274 e. The molecule has 1 fully saturated rings. The number of benzene rings is 2. The van der Waals surface area contributed by atoms with Crippen molar-refractivity contribution in [3.8, 4) is 11.1 Å². The fourth-order valence-electron chi connectivity index (χ4n) is 4.02. The molecule has 4 rings (SSSR count). The summed E-state index contributed by atoms with van der Waals surface area (Å²) in [4.78, 5) is 37.5. The first-order chi connectivity index (χ1) is 15.5. The van der Waals surface area contributed by atoms with E-state index < -0.39 is 5.60 Å². The number of amides is 2. The van der Waals surface area contributed by atoms with E-state index in [4.69, 9.17) is 4.74 Å². The monoisotopic (exact) mass is 430 g/mol. The topological polar surface area (TPSA) is 75.6 Å². The summed E-state index contributed by atoms with van der Waals surface area (Å²) in [5.41, 5.74) is 2.30. The maximum absolute atomic E-state index is 13.3. The lowest BCUT2D eigenvalue weighted by Gasteiger charge is -2.42. The van der Waals surface area contributed by atoms with Gasteiger partial charge in [-0.3, -0.25) is 14.6 Å². The van der Waals surface area contributed by atoms with Crippen LogP contribution in [0.4, 0.5) is 0 Å². The van der Waals surface area contributed by atoms with Crippen molar-refractivity contribution in [3.05, 3.63) is 84.4 Å². The number of hydrogen-bond donors (Lipinski definition) is 0. The molecule has 2 heterocycles. The zero-order valence-electron chi connectivity index (χ0n) is 18.3. The molecule has 1 saturated heterocycles. The van der Waals surface area contributed by atoms with E-state index in [1.54, 1.807) is 19.0 Å². The summed E-state index contributed by atoms with van der Waals surface area (Å²) < 4.78 is 6.10. The van der Waals surface area contributed by atoms with Gasteiger partial charge in [0.25, 0.3) is 11.8 Å². The Morgan fingerprint density at radius 1 is 1.03 bits per heavy atom. The Kier molecular flexibility index (Phi) is 6.28. The average Bonchev–Trinajstić information content (AvgIpc) is 2.84. The van der Waals surface area contributed by atoms with Gasteiger partial charge in [0.15, 0.2) is 5.60 Å². The highest BCUT2D eigenvalue weighted by atomic mass is 16.5. The van der Waals surface area contributed by atoms with Crippen LogP contribution in [-0.4, -0.2) is 71.0 Å². The Hall–Kier alpha value is -3.58. The van der Waals surface area contributed by atoms with Gasteiger partial charge in [0.2, 0.25) is 0 Å². The minimum atomic E-state index is -1.16. The van der Waals surface area contributed by atoms with Crippen molar-refractivity contribution in [2.45, 2.75) is 12.0 Å². The molecule has 1 aliphatic rings. The molecule has 1 atom stereocenters. The SMILES string of the molecule is CN(C)C(=O)[C@@]1(Cc2ccc(-c3ccccc3)cc2)CN(C(=O)c2cnccn2)CCO1. The number of carbonyl (C=O) groups is 2. The van der Waals surface area contributed by atoms with E-state index in [9.17, 15) is 9.59 Å². The van der Waals surface area contributed by atoms with Crippen molar-refractivity contribution in [1.29, 1.82) is 0 Å². The Bertz CT molecular complexity index is 1070. The summed E-state index contributed by atoms with van der Waals surface area (Å²) in [6.07, 6.45) is 4.81. The zero-order valence-corrected chi connectivity index (χ0v) is 18.3. The molecule has 0 radical (unpaired) electrons. The van der Waals surface area contributed by atoms with Crippen molar-refractivity contribution < 1.29 is 14.3 Å². The molecule has 3 aromatic rings. The van der Waals surface area contributed by atoms with Crippen LogP contribution in [-0.2, 0) is 16.0 Å². The average molecular weight is 431 g/mol. The summed E-state index contributed by atoms with van der Waals surface area (Å²) in [6, 6.07) is 18.2. The molecule has 1 aliphatic heterocycles. The fourth-order valence-corrected chi connectivity index (χ4v) is 4.02. The summed E-state index contributed by atoms with van der Waals surface area (Å²) in [5.74, 6) is -0.418. The smallest absolute Gasteiger partial charge is 0.274 e. The van der Waals surface area contributed by atoms with E-state index in [2.05, 4.69) is 22.1 Å². The predicted molar refractivity (Wildman–Crippen MR) is 121 cm³/mol. The van der Waals surface area contributed by atoms with E-state index >= 15 is 0 Å². The molecule has 0 aliphatic carbocycles. The van der Waals surface area contributed by atoms with Crippen LogP contribution in [0.2, 0.25) is 0 Å². The van der Waals surface area contributed by atoms with E-state index in [0.29, 0.717) is 13.0 Å². The Balaban J connectivity index is 1.59. The summed E-state index contributed by atoms with van der Waals surface area (Å²) in [6.45, 7) is 0.818. The molecule has 7 heteroatoms. The highest BCUT2D eigenvalue weighted by Crippen LogP contribution is 2.28. The van der Waals surface area contributed by atoms with Crippen LogP contribution in [0.3, 0.4) is 0 Å².